The third-order valence-electron chi connectivity index (χ3n) is 2.74. The summed E-state index contributed by atoms with van der Waals surface area (Å²) in [5, 5.41) is 0. The summed E-state index contributed by atoms with van der Waals surface area (Å²) in [5.74, 6) is 0. The molecule has 0 aromatic heterocycles. The minimum absolute atomic E-state index is 1.07. The second-order valence-corrected chi connectivity index (χ2v) is 3.72. The first-order chi connectivity index (χ1) is 7.83. The maximum absolute atomic E-state index is 4.26. The van der Waals surface area contributed by atoms with Gasteiger partial charge in [-0.1, -0.05) is 54.6 Å². The van der Waals surface area contributed by atoms with E-state index < -0.39 is 0 Å². The minimum atomic E-state index is 1.07. The third-order valence-corrected chi connectivity index (χ3v) is 2.74. The number of benzene rings is 2. The van der Waals surface area contributed by atoms with E-state index in [-0.39, 0.29) is 0 Å². The predicted octanol–water partition coefficient (Wildman–Crippen LogP) is 3.79. The predicted molar refractivity (Wildman–Crippen MR) is 70.0 cm³/mol. The van der Waals surface area contributed by atoms with Gasteiger partial charge in [0.1, 0.15) is 0 Å². The molecule has 2 aromatic carbocycles. The monoisotopic (exact) mass is 209 g/mol. The van der Waals surface area contributed by atoms with Gasteiger partial charge in [0, 0.05) is 18.3 Å². The Labute approximate surface area is 96.5 Å². The molecule has 2 aromatic rings. The zero-order valence-electron chi connectivity index (χ0n) is 9.64. The van der Waals surface area contributed by atoms with Crippen molar-refractivity contribution in [2.75, 3.05) is 7.05 Å². The molecule has 0 spiro atoms. The van der Waals surface area contributed by atoms with E-state index in [1.807, 2.05) is 20.0 Å². The highest BCUT2D eigenvalue weighted by Gasteiger charge is 2.05. The van der Waals surface area contributed by atoms with Crippen molar-refractivity contribution in [3.63, 3.8) is 0 Å². The lowest BCUT2D eigenvalue weighted by molar-refractivity contribution is 1.41. The van der Waals surface area contributed by atoms with Crippen LogP contribution in [0.15, 0.2) is 59.6 Å². The van der Waals surface area contributed by atoms with Gasteiger partial charge in [-0.25, -0.2) is 0 Å². The van der Waals surface area contributed by atoms with Crippen LogP contribution in [0.3, 0.4) is 0 Å². The average Bonchev–Trinajstić information content (AvgIpc) is 2.39. The smallest absolute Gasteiger partial charge is 0.0392 e. The van der Waals surface area contributed by atoms with E-state index >= 15 is 0 Å². The summed E-state index contributed by atoms with van der Waals surface area (Å²) in [5.41, 5.74) is 4.75. The van der Waals surface area contributed by atoms with Gasteiger partial charge in [-0.3, -0.25) is 4.99 Å². The van der Waals surface area contributed by atoms with E-state index in [4.69, 9.17) is 0 Å². The van der Waals surface area contributed by atoms with Crippen LogP contribution in [0.4, 0.5) is 0 Å². The van der Waals surface area contributed by atoms with Crippen LogP contribution in [0.25, 0.3) is 11.1 Å². The fourth-order valence-corrected chi connectivity index (χ4v) is 1.79. The van der Waals surface area contributed by atoms with Gasteiger partial charge in [0.2, 0.25) is 0 Å². The van der Waals surface area contributed by atoms with Crippen molar-refractivity contribution >= 4 is 5.71 Å². The summed E-state index contributed by atoms with van der Waals surface area (Å²) in [6.07, 6.45) is 0. The summed E-state index contributed by atoms with van der Waals surface area (Å²) >= 11 is 0. The molecule has 0 bridgehead atoms. The summed E-state index contributed by atoms with van der Waals surface area (Å²) in [4.78, 5) is 4.26. The fraction of sp³-hybridized carbons (Fsp3) is 0.133. The van der Waals surface area contributed by atoms with E-state index in [1.165, 1.54) is 16.7 Å². The van der Waals surface area contributed by atoms with Crippen molar-refractivity contribution in [1.29, 1.82) is 0 Å². The van der Waals surface area contributed by atoms with Crippen molar-refractivity contribution in [1.82, 2.24) is 0 Å². The molecule has 0 aliphatic heterocycles. The largest absolute Gasteiger partial charge is 0.293 e. The van der Waals surface area contributed by atoms with Crippen molar-refractivity contribution < 1.29 is 0 Å². The molecule has 0 unspecified atom stereocenters. The van der Waals surface area contributed by atoms with Gasteiger partial charge in [0.25, 0.3) is 0 Å². The van der Waals surface area contributed by atoms with Crippen LogP contribution in [0, 0.1) is 0 Å². The number of nitrogens with zero attached hydrogens (tertiary/aromatic N) is 1. The first-order valence-corrected chi connectivity index (χ1v) is 5.41. The molecule has 0 heterocycles. The van der Waals surface area contributed by atoms with Crippen LogP contribution in [-0.2, 0) is 0 Å². The highest BCUT2D eigenvalue weighted by Crippen LogP contribution is 2.23. The van der Waals surface area contributed by atoms with E-state index in [9.17, 15) is 0 Å². The molecule has 0 amide bonds. The highest BCUT2D eigenvalue weighted by atomic mass is 14.7. The molecule has 0 fully saturated rings. The Hall–Kier alpha value is -1.89. The van der Waals surface area contributed by atoms with Gasteiger partial charge in [0.15, 0.2) is 0 Å². The standard InChI is InChI=1S/C15H15N/c1-12(16-2)14-10-6-7-11-15(14)13-8-4-3-5-9-13/h3-11H,1-2H3. The van der Waals surface area contributed by atoms with Crippen LogP contribution in [-0.4, -0.2) is 12.8 Å². The average molecular weight is 209 g/mol. The SMILES string of the molecule is CN=C(C)c1ccccc1-c1ccccc1. The van der Waals surface area contributed by atoms with E-state index in [0.29, 0.717) is 0 Å². The van der Waals surface area contributed by atoms with Crippen molar-refractivity contribution in [3.8, 4) is 11.1 Å². The van der Waals surface area contributed by atoms with Gasteiger partial charge >= 0.3 is 0 Å². The molecular weight excluding hydrogens is 194 g/mol. The molecule has 0 saturated heterocycles. The van der Waals surface area contributed by atoms with Crippen LogP contribution in [0.2, 0.25) is 0 Å². The lowest BCUT2D eigenvalue weighted by Crippen LogP contribution is -1.97. The van der Waals surface area contributed by atoms with Crippen LogP contribution >= 0.6 is 0 Å². The Morgan fingerprint density at radius 2 is 1.50 bits per heavy atom. The van der Waals surface area contributed by atoms with E-state index in [0.717, 1.165) is 5.71 Å². The quantitative estimate of drug-likeness (QED) is 0.667. The molecule has 0 aliphatic rings. The maximum Gasteiger partial charge on any atom is 0.0392 e. The van der Waals surface area contributed by atoms with E-state index in [1.54, 1.807) is 0 Å². The van der Waals surface area contributed by atoms with Crippen molar-refractivity contribution in [3.05, 3.63) is 60.2 Å². The molecule has 0 N–H and O–H groups in total. The zero-order valence-corrected chi connectivity index (χ0v) is 9.64. The summed E-state index contributed by atoms with van der Waals surface area (Å²) in [7, 11) is 1.83. The van der Waals surface area contributed by atoms with Gasteiger partial charge < -0.3 is 0 Å². The highest BCUT2D eigenvalue weighted by molar-refractivity contribution is 6.04. The lowest BCUT2D eigenvalue weighted by Gasteiger charge is -2.08. The Morgan fingerprint density at radius 1 is 0.875 bits per heavy atom. The fourth-order valence-electron chi connectivity index (χ4n) is 1.79. The Bertz CT molecular complexity index is 498. The number of hydrogen-bond donors (Lipinski definition) is 0. The second kappa shape index (κ2) is 4.75. The third kappa shape index (κ3) is 2.03. The minimum Gasteiger partial charge on any atom is -0.293 e. The Balaban J connectivity index is 2.58. The molecule has 80 valence electrons. The van der Waals surface area contributed by atoms with Crippen LogP contribution in [0.5, 0.6) is 0 Å². The second-order valence-electron chi connectivity index (χ2n) is 3.72. The van der Waals surface area contributed by atoms with Crippen molar-refractivity contribution in [2.45, 2.75) is 6.92 Å². The first-order valence-electron chi connectivity index (χ1n) is 5.41. The van der Waals surface area contributed by atoms with Gasteiger partial charge in [-0.05, 0) is 18.1 Å². The molecule has 16 heavy (non-hydrogen) atoms. The molecule has 1 heteroatoms. The van der Waals surface area contributed by atoms with Crippen molar-refractivity contribution in [2.24, 2.45) is 4.99 Å². The van der Waals surface area contributed by atoms with Crippen LogP contribution < -0.4 is 0 Å². The van der Waals surface area contributed by atoms with Gasteiger partial charge in [-0.15, -0.1) is 0 Å². The maximum atomic E-state index is 4.26. The van der Waals surface area contributed by atoms with Crippen LogP contribution in [0.1, 0.15) is 12.5 Å². The number of aliphatic imine (C=N–C) groups is 1. The first kappa shape index (κ1) is 10.6. The Kier molecular flexibility index (Phi) is 3.16. The molecule has 1 nitrogen and oxygen atoms in total. The summed E-state index contributed by atoms with van der Waals surface area (Å²) in [6.45, 7) is 2.04. The lowest BCUT2D eigenvalue weighted by atomic mass is 9.97. The molecule has 0 radical (unpaired) electrons. The normalized spacial score (nSPS) is 11.5. The molecular formula is C15H15N. The molecule has 0 aliphatic carbocycles. The number of hydrogen-bond acceptors (Lipinski definition) is 1. The Morgan fingerprint density at radius 3 is 2.19 bits per heavy atom. The zero-order chi connectivity index (χ0) is 11.4. The van der Waals surface area contributed by atoms with Gasteiger partial charge in [0.05, 0.1) is 0 Å². The summed E-state index contributed by atoms with van der Waals surface area (Å²) in [6, 6.07) is 18.8. The summed E-state index contributed by atoms with van der Waals surface area (Å²) < 4.78 is 0. The number of rotatable bonds is 2. The molecule has 0 saturated carbocycles. The molecule has 2 rings (SSSR count). The van der Waals surface area contributed by atoms with Gasteiger partial charge in [-0.2, -0.15) is 0 Å². The van der Waals surface area contributed by atoms with E-state index in [2.05, 4.69) is 53.5 Å². The molecule has 0 atom stereocenters. The topological polar surface area (TPSA) is 12.4 Å².